The lowest BCUT2D eigenvalue weighted by atomic mass is 10.1. The van der Waals surface area contributed by atoms with Gasteiger partial charge >= 0.3 is 0 Å². The lowest BCUT2D eigenvalue weighted by Gasteiger charge is -2.23. The lowest BCUT2D eigenvalue weighted by Crippen LogP contribution is -2.33. The Kier molecular flexibility index (Phi) is 4.73. The van der Waals surface area contributed by atoms with E-state index in [0.29, 0.717) is 29.6 Å². The van der Waals surface area contributed by atoms with Crippen LogP contribution in [0, 0.1) is 12.7 Å². The molecule has 0 amide bonds. The Morgan fingerprint density at radius 2 is 2.17 bits per heavy atom. The van der Waals surface area contributed by atoms with Crippen LogP contribution >= 0.6 is 0 Å². The summed E-state index contributed by atoms with van der Waals surface area (Å²) in [6, 6.07) is 4.40. The highest BCUT2D eigenvalue weighted by molar-refractivity contribution is 5.91. The predicted octanol–water partition coefficient (Wildman–Crippen LogP) is 3.62. The van der Waals surface area contributed by atoms with Crippen LogP contribution in [0.2, 0.25) is 0 Å². The summed E-state index contributed by atoms with van der Waals surface area (Å²) in [4.78, 5) is 19.7. The van der Waals surface area contributed by atoms with Crippen molar-refractivity contribution in [3.8, 4) is 0 Å². The first kappa shape index (κ1) is 18.8. The van der Waals surface area contributed by atoms with Gasteiger partial charge in [0.25, 0.3) is 5.56 Å². The van der Waals surface area contributed by atoms with Crippen LogP contribution in [0.3, 0.4) is 0 Å². The summed E-state index contributed by atoms with van der Waals surface area (Å²) in [5, 5.41) is 4.78. The van der Waals surface area contributed by atoms with Crippen molar-refractivity contribution in [2.24, 2.45) is 0 Å². The molecule has 2 aliphatic rings. The normalized spacial score (nSPS) is 16.1. The number of aryl methyl sites for hydroxylation is 2. The number of nitrogens with zero attached hydrogens (tertiary/aromatic N) is 4. The van der Waals surface area contributed by atoms with Gasteiger partial charge in [0.15, 0.2) is 5.58 Å². The minimum atomic E-state index is -0.311. The van der Waals surface area contributed by atoms with Gasteiger partial charge in [0, 0.05) is 49.1 Å². The Morgan fingerprint density at radius 3 is 3.00 bits per heavy atom. The van der Waals surface area contributed by atoms with Crippen LogP contribution in [-0.4, -0.2) is 32.7 Å². The van der Waals surface area contributed by atoms with Gasteiger partial charge in [-0.15, -0.1) is 0 Å². The number of rotatable bonds is 4. The Balaban J connectivity index is 1.30. The Hall–Kier alpha value is -3.22. The molecule has 7 heteroatoms. The zero-order valence-corrected chi connectivity index (χ0v) is 16.9. The van der Waals surface area contributed by atoms with Gasteiger partial charge in [-0.05, 0) is 50.5 Å². The molecule has 3 aromatic rings. The topological polar surface area (TPSA) is 64.2 Å². The fraction of sp³-hybridized carbons (Fsp3) is 0.348. The quantitative estimate of drug-likeness (QED) is 0.662. The van der Waals surface area contributed by atoms with E-state index >= 15 is 0 Å². The highest BCUT2D eigenvalue weighted by Gasteiger charge is 2.18. The van der Waals surface area contributed by atoms with Crippen molar-refractivity contribution in [3.63, 3.8) is 0 Å². The van der Waals surface area contributed by atoms with E-state index in [1.165, 1.54) is 12.1 Å². The van der Waals surface area contributed by atoms with Gasteiger partial charge in [-0.25, -0.2) is 9.37 Å². The fourth-order valence-electron chi connectivity index (χ4n) is 4.26. The molecule has 154 valence electrons. The number of hydrogen-bond donors (Lipinski definition) is 0. The Morgan fingerprint density at radius 1 is 1.27 bits per heavy atom. The first-order chi connectivity index (χ1) is 14.6. The predicted molar refractivity (Wildman–Crippen MR) is 113 cm³/mol. The van der Waals surface area contributed by atoms with Crippen molar-refractivity contribution in [2.75, 3.05) is 13.1 Å². The van der Waals surface area contributed by atoms with Gasteiger partial charge in [0.2, 0.25) is 0 Å². The summed E-state index contributed by atoms with van der Waals surface area (Å²) in [6.45, 7) is 4.13. The lowest BCUT2D eigenvalue weighted by molar-refractivity contribution is 0.412. The van der Waals surface area contributed by atoms with Crippen LogP contribution in [-0.2, 0) is 19.4 Å². The van der Waals surface area contributed by atoms with Gasteiger partial charge in [-0.3, -0.25) is 9.36 Å². The van der Waals surface area contributed by atoms with E-state index in [4.69, 9.17) is 4.52 Å². The van der Waals surface area contributed by atoms with Gasteiger partial charge in [0.05, 0.1) is 5.39 Å². The number of benzene rings is 1. The summed E-state index contributed by atoms with van der Waals surface area (Å²) in [5.41, 5.74) is 3.89. The van der Waals surface area contributed by atoms with Gasteiger partial charge in [0.1, 0.15) is 17.3 Å². The van der Waals surface area contributed by atoms with Gasteiger partial charge in [-0.1, -0.05) is 11.2 Å². The number of halogens is 1. The van der Waals surface area contributed by atoms with E-state index in [1.54, 1.807) is 6.07 Å². The Bertz CT molecular complexity index is 1240. The van der Waals surface area contributed by atoms with Crippen molar-refractivity contribution in [2.45, 2.75) is 39.2 Å². The molecule has 4 heterocycles. The third-order valence-corrected chi connectivity index (χ3v) is 5.95. The molecule has 5 rings (SSSR count). The van der Waals surface area contributed by atoms with Gasteiger partial charge < -0.3 is 9.42 Å². The number of allylic oxidation sites excluding steroid dienone is 2. The molecule has 0 unspecified atom stereocenters. The molecule has 0 fully saturated rings. The van der Waals surface area contributed by atoms with Crippen molar-refractivity contribution in [1.29, 1.82) is 0 Å². The summed E-state index contributed by atoms with van der Waals surface area (Å²) >= 11 is 0. The molecular formula is C23H23FN4O2. The summed E-state index contributed by atoms with van der Waals surface area (Å²) in [6.07, 6.45) is 9.69. The van der Waals surface area contributed by atoms with Crippen molar-refractivity contribution < 1.29 is 8.91 Å². The third-order valence-electron chi connectivity index (χ3n) is 5.95. The van der Waals surface area contributed by atoms with Crippen molar-refractivity contribution in [1.82, 2.24) is 19.6 Å². The van der Waals surface area contributed by atoms with Crippen LogP contribution in [0.5, 0.6) is 0 Å². The maximum Gasteiger partial charge on any atom is 0.256 e. The molecule has 0 spiro atoms. The summed E-state index contributed by atoms with van der Waals surface area (Å²) in [5.74, 6) is 0.614. The van der Waals surface area contributed by atoms with E-state index in [1.807, 2.05) is 29.8 Å². The first-order valence-electron chi connectivity index (χ1n) is 10.4. The highest BCUT2D eigenvalue weighted by atomic mass is 19.1. The van der Waals surface area contributed by atoms with Crippen molar-refractivity contribution >= 4 is 16.5 Å². The zero-order valence-electron chi connectivity index (χ0n) is 16.9. The molecule has 0 aliphatic carbocycles. The molecular weight excluding hydrogens is 383 g/mol. The SMILES string of the molecule is Cc1nc2n(c(=O)c1CCN1C=CC(c3noc4ccc(F)cc34)=CC1)CCCC2. The minimum Gasteiger partial charge on any atom is -0.373 e. The van der Waals surface area contributed by atoms with Crippen LogP contribution in [0.4, 0.5) is 4.39 Å². The molecule has 0 radical (unpaired) electrons. The number of aromatic nitrogens is 3. The molecule has 2 aromatic heterocycles. The maximum atomic E-state index is 13.6. The molecule has 0 N–H and O–H groups in total. The molecule has 0 saturated carbocycles. The first-order valence-corrected chi connectivity index (χ1v) is 10.4. The van der Waals surface area contributed by atoms with E-state index in [-0.39, 0.29) is 11.4 Å². The average Bonchev–Trinajstić information content (AvgIpc) is 3.17. The smallest absolute Gasteiger partial charge is 0.256 e. The average molecular weight is 406 g/mol. The van der Waals surface area contributed by atoms with Crippen LogP contribution < -0.4 is 5.56 Å². The van der Waals surface area contributed by atoms with Crippen molar-refractivity contribution in [3.05, 3.63) is 75.5 Å². The Labute approximate surface area is 173 Å². The fourth-order valence-corrected chi connectivity index (χ4v) is 4.26. The standard InChI is InChI=1S/C23H23FN4O2/c1-15-18(23(29)28-10-3-2-4-21(28)25-15)9-13-27-11-7-16(8-12-27)22-19-14-17(24)5-6-20(19)30-26-22/h5-8,11,14H,2-4,9-10,12-13H2,1H3. The highest BCUT2D eigenvalue weighted by Crippen LogP contribution is 2.27. The van der Waals surface area contributed by atoms with E-state index in [2.05, 4.69) is 15.0 Å². The van der Waals surface area contributed by atoms with E-state index in [0.717, 1.165) is 55.0 Å². The second-order valence-electron chi connectivity index (χ2n) is 7.90. The number of hydrogen-bond acceptors (Lipinski definition) is 5. The minimum absolute atomic E-state index is 0.116. The molecule has 1 aromatic carbocycles. The number of fused-ring (bicyclic) bond motifs is 2. The molecule has 0 atom stereocenters. The van der Waals surface area contributed by atoms with Crippen LogP contribution in [0.1, 0.15) is 35.6 Å². The molecule has 2 aliphatic heterocycles. The largest absolute Gasteiger partial charge is 0.373 e. The molecule has 0 bridgehead atoms. The van der Waals surface area contributed by atoms with Gasteiger partial charge in [-0.2, -0.15) is 0 Å². The molecule has 30 heavy (non-hydrogen) atoms. The zero-order chi connectivity index (χ0) is 20.7. The van der Waals surface area contributed by atoms with Crippen LogP contribution in [0.25, 0.3) is 16.5 Å². The van der Waals surface area contributed by atoms with E-state index < -0.39 is 0 Å². The molecule has 0 saturated heterocycles. The maximum absolute atomic E-state index is 13.6. The second-order valence-corrected chi connectivity index (χ2v) is 7.90. The molecule has 6 nitrogen and oxygen atoms in total. The van der Waals surface area contributed by atoms with Crippen LogP contribution in [0.15, 0.2) is 45.9 Å². The third kappa shape index (κ3) is 3.34. The summed E-state index contributed by atoms with van der Waals surface area (Å²) < 4.78 is 20.8. The summed E-state index contributed by atoms with van der Waals surface area (Å²) in [7, 11) is 0. The monoisotopic (exact) mass is 406 g/mol. The second kappa shape index (κ2) is 7.55. The van der Waals surface area contributed by atoms with E-state index in [9.17, 15) is 9.18 Å².